The first kappa shape index (κ1) is 26.3. The standard InChI is InChI=1S/C29H29FN4O5/c1-38-22-9-6-7-20(17-22)27(36)34-25(26(35)32-18-21-8-4-5-14-31-21)19-39-29(34)12-15-33(16-13-29)28(37)23-10-2-3-11-24(23)30/h2-11,14,17,25H,12-13,15-16,18-19H2,1H3,(H,32,35)/t25-/m0/s1. The highest BCUT2D eigenvalue weighted by Crippen LogP contribution is 2.39. The number of benzene rings is 2. The van der Waals surface area contributed by atoms with E-state index >= 15 is 0 Å². The van der Waals surface area contributed by atoms with Crippen LogP contribution in [0.5, 0.6) is 5.75 Å². The molecule has 202 valence electrons. The maximum Gasteiger partial charge on any atom is 0.257 e. The zero-order valence-corrected chi connectivity index (χ0v) is 21.5. The van der Waals surface area contributed by atoms with Crippen molar-refractivity contribution in [3.05, 3.63) is 95.6 Å². The lowest BCUT2D eigenvalue weighted by atomic mass is 9.96. The predicted octanol–water partition coefficient (Wildman–Crippen LogP) is 3.02. The highest BCUT2D eigenvalue weighted by atomic mass is 19.1. The SMILES string of the molecule is COc1cccc(C(=O)N2[C@H](C(=O)NCc3ccccn3)COC23CCN(C(=O)c2ccccc2F)CC3)c1. The van der Waals surface area contributed by atoms with Crippen LogP contribution in [0.3, 0.4) is 0 Å². The molecule has 9 nitrogen and oxygen atoms in total. The normalized spacial score (nSPS) is 18.2. The molecule has 2 aliphatic heterocycles. The largest absolute Gasteiger partial charge is 0.497 e. The molecule has 0 bridgehead atoms. The van der Waals surface area contributed by atoms with Gasteiger partial charge in [0.05, 0.1) is 31.5 Å². The van der Waals surface area contributed by atoms with E-state index in [0.29, 0.717) is 17.0 Å². The monoisotopic (exact) mass is 532 g/mol. The summed E-state index contributed by atoms with van der Waals surface area (Å²) in [4.78, 5) is 47.6. The van der Waals surface area contributed by atoms with Crippen molar-refractivity contribution in [1.82, 2.24) is 20.1 Å². The number of ether oxygens (including phenoxy) is 2. The number of carbonyl (C=O) groups excluding carboxylic acids is 3. The van der Waals surface area contributed by atoms with Crippen LogP contribution in [-0.4, -0.2) is 71.1 Å². The number of rotatable bonds is 6. The van der Waals surface area contributed by atoms with Crippen LogP contribution in [0.15, 0.2) is 72.9 Å². The third-order valence-electron chi connectivity index (χ3n) is 7.20. The summed E-state index contributed by atoms with van der Waals surface area (Å²) in [5.74, 6) is -1.23. The van der Waals surface area contributed by atoms with Gasteiger partial charge in [0.1, 0.15) is 23.3 Å². The number of hydrogen-bond donors (Lipinski definition) is 1. The molecule has 2 fully saturated rings. The number of amides is 3. The average molecular weight is 533 g/mol. The molecule has 3 aromatic rings. The maximum absolute atomic E-state index is 14.3. The maximum atomic E-state index is 14.3. The van der Waals surface area contributed by atoms with Crippen molar-refractivity contribution in [1.29, 1.82) is 0 Å². The van der Waals surface area contributed by atoms with E-state index in [4.69, 9.17) is 9.47 Å². The number of carbonyl (C=O) groups is 3. The molecule has 39 heavy (non-hydrogen) atoms. The van der Waals surface area contributed by atoms with E-state index in [-0.39, 0.29) is 56.5 Å². The zero-order valence-electron chi connectivity index (χ0n) is 21.5. The Morgan fingerprint density at radius 1 is 1.05 bits per heavy atom. The smallest absolute Gasteiger partial charge is 0.257 e. The van der Waals surface area contributed by atoms with Gasteiger partial charge in [0, 0.05) is 37.7 Å². The van der Waals surface area contributed by atoms with E-state index in [2.05, 4.69) is 10.3 Å². The van der Waals surface area contributed by atoms with Gasteiger partial charge in [-0.2, -0.15) is 0 Å². The quantitative estimate of drug-likeness (QED) is 0.524. The number of piperidine rings is 1. The first-order valence-corrected chi connectivity index (χ1v) is 12.7. The Hall–Kier alpha value is -4.31. The molecular weight excluding hydrogens is 503 g/mol. The molecule has 5 rings (SSSR count). The minimum atomic E-state index is -1.10. The molecule has 1 aromatic heterocycles. The number of aromatic nitrogens is 1. The number of pyridine rings is 1. The number of halogens is 1. The number of hydrogen-bond acceptors (Lipinski definition) is 6. The minimum Gasteiger partial charge on any atom is -0.497 e. The molecule has 3 amide bonds. The number of nitrogens with one attached hydrogen (secondary N) is 1. The van der Waals surface area contributed by atoms with Crippen LogP contribution in [0.25, 0.3) is 0 Å². The van der Waals surface area contributed by atoms with E-state index in [1.54, 1.807) is 53.6 Å². The van der Waals surface area contributed by atoms with Gasteiger partial charge in [-0.15, -0.1) is 0 Å². The van der Waals surface area contributed by atoms with Crippen molar-refractivity contribution in [2.45, 2.75) is 31.2 Å². The Morgan fingerprint density at radius 2 is 1.82 bits per heavy atom. The molecule has 3 heterocycles. The van der Waals surface area contributed by atoms with Crippen molar-refractivity contribution in [3.8, 4) is 5.75 Å². The van der Waals surface area contributed by atoms with Gasteiger partial charge in [-0.3, -0.25) is 24.3 Å². The van der Waals surface area contributed by atoms with Gasteiger partial charge in [-0.05, 0) is 42.5 Å². The number of nitrogens with zero attached hydrogens (tertiary/aromatic N) is 3. The Labute approximate surface area is 225 Å². The molecule has 2 aliphatic rings. The summed E-state index contributed by atoms with van der Waals surface area (Å²) in [5.41, 5.74) is -0.0623. The lowest BCUT2D eigenvalue weighted by Gasteiger charge is -2.44. The van der Waals surface area contributed by atoms with E-state index in [9.17, 15) is 18.8 Å². The Morgan fingerprint density at radius 3 is 2.54 bits per heavy atom. The molecule has 2 saturated heterocycles. The van der Waals surface area contributed by atoms with Gasteiger partial charge < -0.3 is 19.7 Å². The van der Waals surface area contributed by atoms with Crippen LogP contribution in [0.4, 0.5) is 4.39 Å². The van der Waals surface area contributed by atoms with E-state index in [1.165, 1.54) is 30.2 Å². The van der Waals surface area contributed by atoms with Crippen LogP contribution in [-0.2, 0) is 16.1 Å². The Balaban J connectivity index is 1.38. The van der Waals surface area contributed by atoms with Crippen molar-refractivity contribution in [3.63, 3.8) is 0 Å². The van der Waals surface area contributed by atoms with Crippen LogP contribution in [0.1, 0.15) is 39.3 Å². The summed E-state index contributed by atoms with van der Waals surface area (Å²) in [6, 6.07) is 17.1. The summed E-state index contributed by atoms with van der Waals surface area (Å²) < 4.78 is 25.8. The number of methoxy groups -OCH3 is 1. The molecular formula is C29H29FN4O5. The molecule has 0 unspecified atom stereocenters. The third kappa shape index (κ3) is 5.33. The van der Waals surface area contributed by atoms with E-state index in [0.717, 1.165) is 0 Å². The van der Waals surface area contributed by atoms with Gasteiger partial charge >= 0.3 is 0 Å². The first-order valence-electron chi connectivity index (χ1n) is 12.7. The lowest BCUT2D eigenvalue weighted by Crippen LogP contribution is -2.59. The second kappa shape index (κ2) is 11.2. The van der Waals surface area contributed by atoms with E-state index < -0.39 is 23.5 Å². The molecule has 1 atom stereocenters. The Kier molecular flexibility index (Phi) is 7.56. The van der Waals surface area contributed by atoms with Crippen molar-refractivity contribution in [2.75, 3.05) is 26.8 Å². The van der Waals surface area contributed by atoms with Crippen molar-refractivity contribution in [2.24, 2.45) is 0 Å². The van der Waals surface area contributed by atoms with E-state index in [1.807, 2.05) is 6.07 Å². The van der Waals surface area contributed by atoms with Crippen LogP contribution in [0, 0.1) is 5.82 Å². The number of likely N-dealkylation sites (tertiary alicyclic amines) is 1. The molecule has 0 radical (unpaired) electrons. The van der Waals surface area contributed by atoms with Crippen molar-refractivity contribution >= 4 is 17.7 Å². The highest BCUT2D eigenvalue weighted by molar-refractivity contribution is 5.99. The second-order valence-electron chi connectivity index (χ2n) is 9.49. The molecule has 0 aliphatic carbocycles. The fourth-order valence-electron chi connectivity index (χ4n) is 5.12. The predicted molar refractivity (Wildman–Crippen MR) is 139 cm³/mol. The van der Waals surface area contributed by atoms with Gasteiger partial charge in [-0.25, -0.2) is 4.39 Å². The van der Waals surface area contributed by atoms with Crippen LogP contribution in [0.2, 0.25) is 0 Å². The minimum absolute atomic E-state index is 0.00289. The van der Waals surface area contributed by atoms with Gasteiger partial charge in [0.15, 0.2) is 0 Å². The fraction of sp³-hybridized carbons (Fsp3) is 0.310. The topological polar surface area (TPSA) is 101 Å². The lowest BCUT2D eigenvalue weighted by molar-refractivity contribution is -0.128. The van der Waals surface area contributed by atoms with Crippen LogP contribution >= 0.6 is 0 Å². The summed E-state index contributed by atoms with van der Waals surface area (Å²) >= 11 is 0. The summed E-state index contributed by atoms with van der Waals surface area (Å²) in [7, 11) is 1.51. The van der Waals surface area contributed by atoms with Crippen LogP contribution < -0.4 is 10.1 Å². The average Bonchev–Trinajstić information content (AvgIpc) is 3.34. The molecule has 10 heteroatoms. The molecule has 2 aromatic carbocycles. The fourth-order valence-corrected chi connectivity index (χ4v) is 5.12. The summed E-state index contributed by atoms with van der Waals surface area (Å²) in [6.45, 7) is 0.676. The van der Waals surface area contributed by atoms with Crippen molar-refractivity contribution < 1.29 is 28.2 Å². The Bertz CT molecular complexity index is 1360. The summed E-state index contributed by atoms with van der Waals surface area (Å²) in [6.07, 6.45) is 2.18. The molecule has 1 N–H and O–H groups in total. The molecule has 1 spiro atoms. The first-order chi connectivity index (χ1) is 18.9. The zero-order chi connectivity index (χ0) is 27.4. The second-order valence-corrected chi connectivity index (χ2v) is 9.49. The van der Waals surface area contributed by atoms with Gasteiger partial charge in [0.25, 0.3) is 11.8 Å². The highest BCUT2D eigenvalue weighted by Gasteiger charge is 2.54. The third-order valence-corrected chi connectivity index (χ3v) is 7.20. The van der Waals surface area contributed by atoms with Gasteiger partial charge in [-0.1, -0.05) is 24.3 Å². The molecule has 0 saturated carbocycles. The van der Waals surface area contributed by atoms with Gasteiger partial charge in [0.2, 0.25) is 5.91 Å². The summed E-state index contributed by atoms with van der Waals surface area (Å²) in [5, 5.41) is 2.87.